The first kappa shape index (κ1) is 26.9. The van der Waals surface area contributed by atoms with Crippen LogP contribution in [0.25, 0.3) is 0 Å². The van der Waals surface area contributed by atoms with E-state index in [1.807, 2.05) is 32.2 Å². The molecule has 0 bridgehead atoms. The molecule has 1 amide bonds. The predicted molar refractivity (Wildman–Crippen MR) is 131 cm³/mol. The van der Waals surface area contributed by atoms with Gasteiger partial charge in [0, 0.05) is 26.7 Å². The molecule has 0 N–H and O–H groups in total. The zero-order chi connectivity index (χ0) is 23.9. The summed E-state index contributed by atoms with van der Waals surface area (Å²) in [6, 6.07) is 5.07. The second kappa shape index (κ2) is 12.2. The van der Waals surface area contributed by atoms with Crippen LogP contribution in [0.4, 0.5) is 0 Å². The maximum atomic E-state index is 13.2. The third-order valence-corrected chi connectivity index (χ3v) is 6.87. The zero-order valence-corrected chi connectivity index (χ0v) is 21.4. The molecule has 6 nitrogen and oxygen atoms in total. The van der Waals surface area contributed by atoms with Gasteiger partial charge in [0.15, 0.2) is 0 Å². The molecule has 1 aliphatic rings. The van der Waals surface area contributed by atoms with Gasteiger partial charge >= 0.3 is 0 Å². The van der Waals surface area contributed by atoms with Crippen molar-refractivity contribution >= 4 is 39.2 Å². The second-order valence-electron chi connectivity index (χ2n) is 8.04. The number of amides is 1. The maximum absolute atomic E-state index is 13.2. The average molecular weight is 503 g/mol. The number of hydrogen-bond acceptors (Lipinski definition) is 5. The Kier molecular flexibility index (Phi) is 10.2. The zero-order valence-electron chi connectivity index (χ0n) is 19.1. The van der Waals surface area contributed by atoms with Gasteiger partial charge in [-0.1, -0.05) is 54.4 Å². The minimum Gasteiger partial charge on any atom is -0.337 e. The van der Waals surface area contributed by atoms with Crippen molar-refractivity contribution in [2.75, 3.05) is 32.9 Å². The van der Waals surface area contributed by atoms with Gasteiger partial charge in [0.25, 0.3) is 10.1 Å². The van der Waals surface area contributed by atoms with E-state index in [-0.39, 0.29) is 24.5 Å². The normalized spacial score (nSPS) is 18.9. The van der Waals surface area contributed by atoms with Crippen molar-refractivity contribution in [1.82, 2.24) is 9.80 Å². The molecule has 1 fully saturated rings. The summed E-state index contributed by atoms with van der Waals surface area (Å²) in [4.78, 5) is 17.1. The van der Waals surface area contributed by atoms with Crippen LogP contribution in [0, 0.1) is 0 Å². The Hall–Kier alpha value is -1.38. The van der Waals surface area contributed by atoms with E-state index in [0.717, 1.165) is 23.8 Å². The molecule has 2 atom stereocenters. The maximum Gasteiger partial charge on any atom is 0.264 e. The van der Waals surface area contributed by atoms with E-state index in [4.69, 9.17) is 27.4 Å². The third-order valence-electron chi connectivity index (χ3n) is 5.51. The van der Waals surface area contributed by atoms with Gasteiger partial charge in [-0.2, -0.15) is 8.42 Å². The van der Waals surface area contributed by atoms with Gasteiger partial charge in [-0.3, -0.25) is 13.9 Å². The summed E-state index contributed by atoms with van der Waals surface area (Å²) in [6.07, 6.45) is 8.34. The second-order valence-corrected chi connectivity index (χ2v) is 10.5. The first-order valence-electron chi connectivity index (χ1n) is 10.7. The number of carbonyl (C=O) groups is 1. The molecular weight excluding hydrogens is 471 g/mol. The van der Waals surface area contributed by atoms with Crippen molar-refractivity contribution < 1.29 is 17.4 Å². The highest BCUT2D eigenvalue weighted by Gasteiger charge is 2.31. The van der Waals surface area contributed by atoms with E-state index >= 15 is 0 Å². The molecule has 32 heavy (non-hydrogen) atoms. The van der Waals surface area contributed by atoms with Crippen LogP contribution in [-0.2, 0) is 25.5 Å². The summed E-state index contributed by atoms with van der Waals surface area (Å²) in [5.74, 6) is -0.0312. The Morgan fingerprint density at radius 2 is 2.06 bits per heavy atom. The van der Waals surface area contributed by atoms with Crippen LogP contribution < -0.4 is 0 Å². The van der Waals surface area contributed by atoms with E-state index in [1.54, 1.807) is 23.1 Å². The Balaban J connectivity index is 2.18. The first-order chi connectivity index (χ1) is 15.0. The quantitative estimate of drug-likeness (QED) is 0.351. The van der Waals surface area contributed by atoms with Crippen molar-refractivity contribution in [3.05, 3.63) is 57.6 Å². The molecular formula is C23H32Cl2N2O4S. The molecule has 1 aromatic carbocycles. The van der Waals surface area contributed by atoms with Crippen LogP contribution >= 0.6 is 23.2 Å². The Labute approximate surface area is 201 Å². The van der Waals surface area contributed by atoms with E-state index in [0.29, 0.717) is 36.1 Å². The molecule has 0 spiro atoms. The van der Waals surface area contributed by atoms with Crippen LogP contribution in [0.15, 0.2) is 42.0 Å². The lowest BCUT2D eigenvalue weighted by Gasteiger charge is -2.33. The van der Waals surface area contributed by atoms with Crippen LogP contribution in [0.3, 0.4) is 0 Å². The van der Waals surface area contributed by atoms with Crippen molar-refractivity contribution in [3.8, 4) is 0 Å². The number of carbonyl (C=O) groups excluding carboxylic acids is 1. The van der Waals surface area contributed by atoms with Crippen LogP contribution in [-0.4, -0.2) is 69.2 Å². The Morgan fingerprint density at radius 1 is 1.34 bits per heavy atom. The predicted octanol–water partition coefficient (Wildman–Crippen LogP) is 4.33. The number of allylic oxidation sites excluding steroid dienone is 3. The fourth-order valence-electron chi connectivity index (χ4n) is 3.83. The molecule has 0 radical (unpaired) electrons. The number of nitrogens with zero attached hydrogens (tertiary/aromatic N) is 2. The van der Waals surface area contributed by atoms with Crippen LogP contribution in [0.2, 0.25) is 10.0 Å². The van der Waals surface area contributed by atoms with E-state index in [9.17, 15) is 13.2 Å². The topological polar surface area (TPSA) is 66.9 Å². The molecule has 0 saturated carbocycles. The first-order valence-corrected chi connectivity index (χ1v) is 13.2. The minimum atomic E-state index is -3.50. The molecule has 9 heteroatoms. The lowest BCUT2D eigenvalue weighted by molar-refractivity contribution is -0.130. The van der Waals surface area contributed by atoms with Crippen LogP contribution in [0.1, 0.15) is 32.3 Å². The van der Waals surface area contributed by atoms with Crippen molar-refractivity contribution in [1.29, 1.82) is 0 Å². The number of halogens is 2. The number of likely N-dealkylation sites (N-methyl/N-ethyl adjacent to an activating group) is 1. The van der Waals surface area contributed by atoms with Gasteiger partial charge in [-0.25, -0.2) is 0 Å². The van der Waals surface area contributed by atoms with Gasteiger partial charge in [-0.05, 0) is 43.0 Å². The standard InChI is InChI=1S/C23H32Cl2N2O4S/c1-5-7-8-18(6-2)22(16-27-12-11-19(15-27)31-32(4,29)30)26(3)23(28)14-17-9-10-20(24)21(25)13-17/h5,7-10,13,19,22H,6,11-12,14-16H2,1-4H3. The summed E-state index contributed by atoms with van der Waals surface area (Å²) >= 11 is 12.1. The van der Waals surface area contributed by atoms with Gasteiger partial charge in [0.1, 0.15) is 0 Å². The molecule has 1 aliphatic heterocycles. The molecule has 2 unspecified atom stereocenters. The smallest absolute Gasteiger partial charge is 0.264 e. The highest BCUT2D eigenvalue weighted by atomic mass is 35.5. The monoisotopic (exact) mass is 502 g/mol. The van der Waals surface area contributed by atoms with Crippen molar-refractivity contribution in [2.45, 2.75) is 45.3 Å². The summed E-state index contributed by atoms with van der Waals surface area (Å²) in [7, 11) is -1.69. The van der Waals surface area contributed by atoms with E-state index < -0.39 is 10.1 Å². The SMILES string of the molecule is CC=CC=C(CC)C(CN1CCC(OS(C)(=O)=O)C1)N(C)C(=O)Cc1ccc(Cl)c(Cl)c1. The van der Waals surface area contributed by atoms with E-state index in [1.165, 1.54) is 0 Å². The van der Waals surface area contributed by atoms with Gasteiger partial charge in [-0.15, -0.1) is 0 Å². The fourth-order valence-corrected chi connectivity index (χ4v) is 4.80. The molecule has 178 valence electrons. The number of benzene rings is 1. The molecule has 1 aromatic rings. The largest absolute Gasteiger partial charge is 0.337 e. The van der Waals surface area contributed by atoms with Gasteiger partial charge in [0.05, 0.1) is 34.9 Å². The minimum absolute atomic E-state index is 0.0312. The third kappa shape index (κ3) is 8.19. The summed E-state index contributed by atoms with van der Waals surface area (Å²) < 4.78 is 28.1. The number of rotatable bonds is 10. The lowest BCUT2D eigenvalue weighted by atomic mass is 10.0. The average Bonchev–Trinajstić information content (AvgIpc) is 3.14. The lowest BCUT2D eigenvalue weighted by Crippen LogP contribution is -2.46. The molecule has 0 aliphatic carbocycles. The highest BCUT2D eigenvalue weighted by molar-refractivity contribution is 7.86. The number of hydrogen-bond donors (Lipinski definition) is 0. The van der Waals surface area contributed by atoms with E-state index in [2.05, 4.69) is 11.8 Å². The molecule has 2 rings (SSSR count). The van der Waals surface area contributed by atoms with Crippen molar-refractivity contribution in [2.24, 2.45) is 0 Å². The molecule has 1 saturated heterocycles. The fraction of sp³-hybridized carbons (Fsp3) is 0.522. The Morgan fingerprint density at radius 3 is 2.66 bits per heavy atom. The van der Waals surface area contributed by atoms with Crippen molar-refractivity contribution in [3.63, 3.8) is 0 Å². The van der Waals surface area contributed by atoms with Gasteiger partial charge < -0.3 is 4.90 Å². The molecule has 1 heterocycles. The summed E-state index contributed by atoms with van der Waals surface area (Å²) in [6.45, 7) is 5.85. The van der Waals surface area contributed by atoms with Gasteiger partial charge in [0.2, 0.25) is 5.91 Å². The summed E-state index contributed by atoms with van der Waals surface area (Å²) in [5.41, 5.74) is 1.92. The number of likely N-dealkylation sites (tertiary alicyclic amines) is 1. The molecule has 0 aromatic heterocycles. The summed E-state index contributed by atoms with van der Waals surface area (Å²) in [5, 5.41) is 0.879. The Bertz CT molecular complexity index is 963. The highest BCUT2D eigenvalue weighted by Crippen LogP contribution is 2.24. The van der Waals surface area contributed by atoms with Crippen LogP contribution in [0.5, 0.6) is 0 Å².